The van der Waals surface area contributed by atoms with Crippen molar-refractivity contribution in [2.24, 2.45) is 0 Å². The highest BCUT2D eigenvalue weighted by Gasteiger charge is 2.55. The molecular formula is C13H20F6N2O4S2. The van der Waals surface area contributed by atoms with Crippen molar-refractivity contribution in [1.29, 1.82) is 0 Å². The highest BCUT2D eigenvalue weighted by atomic mass is 32.3. The summed E-state index contributed by atoms with van der Waals surface area (Å²) in [6.45, 7) is 4.58. The molecule has 0 aromatic rings. The average Bonchev–Trinajstić information content (AvgIpc) is 2.50. The Balaban J connectivity index is 0.000000511. The van der Waals surface area contributed by atoms with E-state index in [2.05, 4.69) is 36.3 Å². The van der Waals surface area contributed by atoms with Crippen LogP contribution in [0.1, 0.15) is 32.6 Å². The van der Waals surface area contributed by atoms with Gasteiger partial charge in [-0.25, -0.2) is 16.8 Å². The minimum Gasteiger partial charge on any atom is -0.374 e. The predicted molar refractivity (Wildman–Crippen MR) is 87.1 cm³/mol. The number of halogens is 6. The van der Waals surface area contributed by atoms with Crippen molar-refractivity contribution in [3.05, 3.63) is 24.4 Å². The Labute approximate surface area is 154 Å². The van der Waals surface area contributed by atoms with Crippen LogP contribution in [-0.4, -0.2) is 45.8 Å². The van der Waals surface area contributed by atoms with Gasteiger partial charge in [-0.2, -0.15) is 26.3 Å². The number of nitrogens with zero attached hydrogens (tertiary/aromatic N) is 1. The van der Waals surface area contributed by atoms with E-state index >= 15 is 0 Å². The minimum atomic E-state index is -6.60. The van der Waals surface area contributed by atoms with E-state index in [4.69, 9.17) is 0 Å². The quantitative estimate of drug-likeness (QED) is 0.480. The Kier molecular flexibility index (Phi) is 9.83. The van der Waals surface area contributed by atoms with Crippen LogP contribution in [0.5, 0.6) is 0 Å². The van der Waals surface area contributed by atoms with Gasteiger partial charge in [0, 0.05) is 13.1 Å². The second-order valence-corrected chi connectivity index (χ2v) is 8.91. The summed E-state index contributed by atoms with van der Waals surface area (Å²) in [5, 5.41) is 0. The summed E-state index contributed by atoms with van der Waals surface area (Å²) in [6, 6.07) is 0. The molecule has 0 saturated carbocycles. The molecule has 0 fully saturated rings. The molecule has 0 radical (unpaired) electrons. The Hall–Kier alpha value is -1.28. The van der Waals surface area contributed by atoms with Gasteiger partial charge in [0.15, 0.2) is 0 Å². The topological polar surface area (TPSA) is 83.6 Å². The van der Waals surface area contributed by atoms with Crippen LogP contribution in [-0.2, 0) is 20.0 Å². The van der Waals surface area contributed by atoms with Crippen LogP contribution < -0.4 is 4.13 Å². The second kappa shape index (κ2) is 10.3. The summed E-state index contributed by atoms with van der Waals surface area (Å²) in [6.07, 6.45) is 14.1. The molecule has 160 valence electrons. The van der Waals surface area contributed by atoms with Crippen molar-refractivity contribution in [3.63, 3.8) is 0 Å². The molecule has 0 unspecified atom stereocenters. The lowest BCUT2D eigenvalue weighted by molar-refractivity contribution is -0.0476. The number of rotatable bonds is 7. The van der Waals surface area contributed by atoms with E-state index in [1.54, 1.807) is 0 Å². The van der Waals surface area contributed by atoms with Crippen molar-refractivity contribution in [1.82, 2.24) is 9.03 Å². The molecule has 1 aliphatic heterocycles. The molecule has 0 aromatic carbocycles. The first-order valence-corrected chi connectivity index (χ1v) is 10.6. The van der Waals surface area contributed by atoms with Gasteiger partial charge in [-0.1, -0.05) is 42.5 Å². The van der Waals surface area contributed by atoms with E-state index in [9.17, 15) is 43.2 Å². The zero-order chi connectivity index (χ0) is 21.4. The fraction of sp³-hybridized carbons (Fsp3) is 0.692. The maximum absolute atomic E-state index is 11.5. The van der Waals surface area contributed by atoms with Crippen LogP contribution in [0.3, 0.4) is 0 Å². The van der Waals surface area contributed by atoms with Gasteiger partial charge >= 0.3 is 31.1 Å². The first-order chi connectivity index (χ1) is 12.1. The maximum atomic E-state index is 11.5. The highest BCUT2D eigenvalue weighted by Crippen LogP contribution is 2.27. The number of hydrogen-bond acceptors (Lipinski definition) is 5. The van der Waals surface area contributed by atoms with E-state index in [1.807, 2.05) is 0 Å². The monoisotopic (exact) mass is 446 g/mol. The molecule has 1 heterocycles. The predicted octanol–water partition coefficient (Wildman–Crippen LogP) is 3.23. The lowest BCUT2D eigenvalue weighted by Crippen LogP contribution is -2.45. The van der Waals surface area contributed by atoms with Gasteiger partial charge in [0.05, 0.1) is 0 Å². The Morgan fingerprint density at radius 1 is 0.889 bits per heavy atom. The molecule has 6 nitrogen and oxygen atoms in total. The molecule has 1 aliphatic rings. The van der Waals surface area contributed by atoms with Gasteiger partial charge in [0.2, 0.25) is 0 Å². The fourth-order valence-electron chi connectivity index (χ4n) is 1.65. The zero-order valence-electron chi connectivity index (χ0n) is 14.2. The molecule has 0 spiro atoms. The molecule has 0 atom stereocenters. The van der Waals surface area contributed by atoms with Crippen LogP contribution in [0.25, 0.3) is 0 Å². The van der Waals surface area contributed by atoms with E-state index in [-0.39, 0.29) is 0 Å². The fourth-order valence-corrected chi connectivity index (χ4v) is 3.56. The van der Waals surface area contributed by atoms with Crippen molar-refractivity contribution >= 4 is 20.0 Å². The van der Waals surface area contributed by atoms with Crippen molar-refractivity contribution < 1.29 is 43.2 Å². The van der Waals surface area contributed by atoms with Crippen LogP contribution >= 0.6 is 0 Å². The molecular weight excluding hydrogens is 426 g/mol. The molecule has 27 heavy (non-hydrogen) atoms. The molecule has 0 aliphatic carbocycles. The standard InChI is InChI=1S/C11H19N.C2HF6NO4S2/c1-2-3-4-6-9-12-10-7-5-8-11-12;3-1(4,5)14(10,11)9-15(12,13)2(6,7)8/h5,7-8,10H,2-4,6,9,11H2,1H3;9H. The lowest BCUT2D eigenvalue weighted by Gasteiger charge is -2.19. The molecule has 0 bridgehead atoms. The molecule has 1 rings (SSSR count). The normalized spacial score (nSPS) is 15.4. The SMILES string of the molecule is CCCCCCN1C=CC=CC1.O=S(=O)(NS(=O)(=O)C(F)(F)F)C(F)(F)F. The van der Waals surface area contributed by atoms with Crippen molar-refractivity contribution in [3.8, 4) is 0 Å². The van der Waals surface area contributed by atoms with Crippen LogP contribution in [0.15, 0.2) is 24.4 Å². The van der Waals surface area contributed by atoms with E-state index < -0.39 is 35.2 Å². The molecule has 0 amide bonds. The number of unbranched alkanes of at least 4 members (excludes halogenated alkanes) is 3. The lowest BCUT2D eigenvalue weighted by atomic mass is 10.2. The first kappa shape index (κ1) is 25.7. The molecule has 0 aromatic heterocycles. The van der Waals surface area contributed by atoms with E-state index in [0.29, 0.717) is 0 Å². The smallest absolute Gasteiger partial charge is 0.374 e. The van der Waals surface area contributed by atoms with Gasteiger partial charge in [-0.3, -0.25) is 0 Å². The molecule has 1 N–H and O–H groups in total. The largest absolute Gasteiger partial charge is 0.512 e. The van der Waals surface area contributed by atoms with Gasteiger partial charge in [-0.05, 0) is 18.7 Å². The summed E-state index contributed by atoms with van der Waals surface area (Å²) >= 11 is 0. The Morgan fingerprint density at radius 3 is 1.78 bits per heavy atom. The zero-order valence-corrected chi connectivity index (χ0v) is 15.8. The van der Waals surface area contributed by atoms with Crippen molar-refractivity contribution in [2.45, 2.75) is 43.6 Å². The third kappa shape index (κ3) is 9.46. The van der Waals surface area contributed by atoms with E-state index in [0.717, 1.165) is 6.54 Å². The Bertz CT molecular complexity index is 670. The van der Waals surface area contributed by atoms with Gasteiger partial charge in [0.1, 0.15) is 0 Å². The Morgan fingerprint density at radius 2 is 1.41 bits per heavy atom. The second-order valence-electron chi connectivity index (χ2n) is 5.31. The van der Waals surface area contributed by atoms with Crippen LogP contribution in [0.4, 0.5) is 26.3 Å². The number of nitrogens with one attached hydrogen (secondary N) is 1. The maximum Gasteiger partial charge on any atom is 0.512 e. The van der Waals surface area contributed by atoms with E-state index in [1.165, 1.54) is 32.2 Å². The molecule has 0 saturated heterocycles. The number of allylic oxidation sites excluding steroid dienone is 2. The van der Waals surface area contributed by atoms with Gasteiger partial charge < -0.3 is 4.90 Å². The minimum absolute atomic E-state index is 0.493. The molecule has 14 heteroatoms. The third-order valence-electron chi connectivity index (χ3n) is 3.01. The van der Waals surface area contributed by atoms with Gasteiger partial charge in [0.25, 0.3) is 0 Å². The number of alkyl halides is 6. The number of sulfonamides is 2. The first-order valence-electron chi connectivity index (χ1n) is 7.62. The third-order valence-corrected chi connectivity index (χ3v) is 5.99. The van der Waals surface area contributed by atoms with Crippen molar-refractivity contribution in [2.75, 3.05) is 13.1 Å². The average molecular weight is 446 g/mol. The highest BCUT2D eigenvalue weighted by molar-refractivity contribution is 8.05. The summed E-state index contributed by atoms with van der Waals surface area (Å²) in [4.78, 5) is 2.37. The summed E-state index contributed by atoms with van der Waals surface area (Å²) in [5.41, 5.74) is -12.3. The van der Waals surface area contributed by atoms with Crippen LogP contribution in [0, 0.1) is 0 Å². The van der Waals surface area contributed by atoms with Crippen LogP contribution in [0.2, 0.25) is 0 Å². The summed E-state index contributed by atoms with van der Waals surface area (Å²) in [5.74, 6) is 0. The van der Waals surface area contributed by atoms with Gasteiger partial charge in [-0.15, -0.1) is 0 Å². The summed E-state index contributed by atoms with van der Waals surface area (Å²) < 4.78 is 108. The summed E-state index contributed by atoms with van der Waals surface area (Å²) in [7, 11) is -13.2. The number of hydrogen-bond donors (Lipinski definition) is 1.